The van der Waals surface area contributed by atoms with E-state index in [9.17, 15) is 8.42 Å². The standard InChI is InChI=1S/C12H13ClN2O3S/c1-9-14-12(8-18-9)10-2-4-11(5-3-10)15-19(16,17)7-6-13/h2-5,8,15H,6-7H2,1H3. The monoisotopic (exact) mass is 300 g/mol. The topological polar surface area (TPSA) is 72.2 Å². The SMILES string of the molecule is Cc1nc(-c2ccc(NS(=O)(=O)CCCl)cc2)co1. The van der Waals surface area contributed by atoms with Gasteiger partial charge in [0.1, 0.15) is 12.0 Å². The molecule has 0 bridgehead atoms. The number of sulfonamides is 1. The molecule has 0 spiro atoms. The number of alkyl halides is 1. The van der Waals surface area contributed by atoms with Gasteiger partial charge in [-0.2, -0.15) is 0 Å². The first kappa shape index (κ1) is 13.9. The fourth-order valence-electron chi connectivity index (χ4n) is 1.54. The quantitative estimate of drug-likeness (QED) is 0.862. The molecule has 0 radical (unpaired) electrons. The van der Waals surface area contributed by atoms with Crippen LogP contribution in [0.1, 0.15) is 5.89 Å². The minimum Gasteiger partial charge on any atom is -0.449 e. The van der Waals surface area contributed by atoms with Crippen LogP contribution < -0.4 is 4.72 Å². The summed E-state index contributed by atoms with van der Waals surface area (Å²) < 4.78 is 30.6. The summed E-state index contributed by atoms with van der Waals surface area (Å²) in [7, 11) is -3.37. The van der Waals surface area contributed by atoms with Crippen molar-refractivity contribution in [2.24, 2.45) is 0 Å². The lowest BCUT2D eigenvalue weighted by molar-refractivity contribution is 0.521. The zero-order chi connectivity index (χ0) is 13.9. The van der Waals surface area contributed by atoms with Crippen LogP contribution in [0.25, 0.3) is 11.3 Å². The number of anilines is 1. The van der Waals surface area contributed by atoms with Crippen molar-refractivity contribution in [3.63, 3.8) is 0 Å². The number of aryl methyl sites for hydroxylation is 1. The second kappa shape index (κ2) is 5.63. The van der Waals surface area contributed by atoms with E-state index in [1.807, 2.05) is 0 Å². The normalized spacial score (nSPS) is 11.5. The Morgan fingerprint density at radius 1 is 1.32 bits per heavy atom. The molecule has 0 fully saturated rings. The first-order valence-electron chi connectivity index (χ1n) is 5.59. The van der Waals surface area contributed by atoms with Gasteiger partial charge in [-0.05, 0) is 12.1 Å². The minimum atomic E-state index is -3.37. The summed E-state index contributed by atoms with van der Waals surface area (Å²) in [6, 6.07) is 6.89. The first-order chi connectivity index (χ1) is 9.00. The highest BCUT2D eigenvalue weighted by Gasteiger charge is 2.09. The van der Waals surface area contributed by atoms with Crippen LogP contribution in [0.3, 0.4) is 0 Å². The van der Waals surface area contributed by atoms with Crippen molar-refractivity contribution in [1.82, 2.24) is 4.98 Å². The average Bonchev–Trinajstić information content (AvgIpc) is 2.76. The summed E-state index contributed by atoms with van der Waals surface area (Å²) >= 11 is 5.42. The van der Waals surface area contributed by atoms with Crippen molar-refractivity contribution in [2.75, 3.05) is 16.4 Å². The Balaban J connectivity index is 2.15. The zero-order valence-electron chi connectivity index (χ0n) is 10.3. The number of benzene rings is 1. The maximum atomic E-state index is 11.5. The highest BCUT2D eigenvalue weighted by Crippen LogP contribution is 2.21. The van der Waals surface area contributed by atoms with Gasteiger partial charge in [-0.3, -0.25) is 4.72 Å². The van der Waals surface area contributed by atoms with Crippen molar-refractivity contribution in [3.8, 4) is 11.3 Å². The van der Waals surface area contributed by atoms with Crippen molar-refractivity contribution in [1.29, 1.82) is 0 Å². The van der Waals surface area contributed by atoms with E-state index < -0.39 is 10.0 Å². The summed E-state index contributed by atoms with van der Waals surface area (Å²) in [5.74, 6) is 0.534. The summed E-state index contributed by atoms with van der Waals surface area (Å²) in [5, 5.41) is 0. The van der Waals surface area contributed by atoms with Gasteiger partial charge in [0.05, 0.1) is 5.75 Å². The molecule has 0 unspecified atom stereocenters. The Kier molecular flexibility index (Phi) is 4.11. The third kappa shape index (κ3) is 3.71. The molecule has 0 aliphatic carbocycles. The number of nitrogens with zero attached hydrogens (tertiary/aromatic N) is 1. The molecule has 5 nitrogen and oxygen atoms in total. The van der Waals surface area contributed by atoms with Crippen molar-refractivity contribution >= 4 is 27.3 Å². The molecule has 0 saturated heterocycles. The average molecular weight is 301 g/mol. The second-order valence-electron chi connectivity index (χ2n) is 3.94. The van der Waals surface area contributed by atoms with Crippen LogP contribution in [0.5, 0.6) is 0 Å². The highest BCUT2D eigenvalue weighted by atomic mass is 35.5. The molecule has 0 saturated carbocycles. The molecule has 2 rings (SSSR count). The van der Waals surface area contributed by atoms with Gasteiger partial charge in [0.2, 0.25) is 10.0 Å². The lowest BCUT2D eigenvalue weighted by atomic mass is 10.1. The molecule has 102 valence electrons. The fourth-order valence-corrected chi connectivity index (χ4v) is 2.95. The van der Waals surface area contributed by atoms with Gasteiger partial charge in [0.25, 0.3) is 0 Å². The Morgan fingerprint density at radius 3 is 2.53 bits per heavy atom. The maximum Gasteiger partial charge on any atom is 0.233 e. The third-order valence-electron chi connectivity index (χ3n) is 2.42. The highest BCUT2D eigenvalue weighted by molar-refractivity contribution is 7.92. The van der Waals surface area contributed by atoms with Crippen LogP contribution in [0.4, 0.5) is 5.69 Å². The molecule has 0 amide bonds. The van der Waals surface area contributed by atoms with Gasteiger partial charge in [0.15, 0.2) is 5.89 Å². The largest absolute Gasteiger partial charge is 0.449 e. The molecule has 2 aromatic rings. The summed E-state index contributed by atoms with van der Waals surface area (Å²) in [4.78, 5) is 4.19. The predicted molar refractivity (Wildman–Crippen MR) is 74.8 cm³/mol. The molecule has 1 aromatic carbocycles. The molecule has 1 N–H and O–H groups in total. The van der Waals surface area contributed by atoms with Crippen LogP contribution in [0.15, 0.2) is 34.9 Å². The van der Waals surface area contributed by atoms with E-state index >= 15 is 0 Å². The van der Waals surface area contributed by atoms with E-state index in [2.05, 4.69) is 9.71 Å². The lowest BCUT2D eigenvalue weighted by Gasteiger charge is -2.06. The Labute approximate surface area is 116 Å². The maximum absolute atomic E-state index is 11.5. The zero-order valence-corrected chi connectivity index (χ0v) is 11.8. The first-order valence-corrected chi connectivity index (χ1v) is 7.78. The Morgan fingerprint density at radius 2 is 2.00 bits per heavy atom. The molecule has 7 heteroatoms. The number of oxazole rings is 1. The minimum absolute atomic E-state index is 0.0611. The van der Waals surface area contributed by atoms with E-state index in [1.165, 1.54) is 0 Å². The third-order valence-corrected chi connectivity index (χ3v) is 4.12. The number of aromatic nitrogens is 1. The van der Waals surface area contributed by atoms with E-state index in [4.69, 9.17) is 16.0 Å². The smallest absolute Gasteiger partial charge is 0.233 e. The fraction of sp³-hybridized carbons (Fsp3) is 0.250. The van der Waals surface area contributed by atoms with Gasteiger partial charge in [-0.1, -0.05) is 12.1 Å². The predicted octanol–water partition coefficient (Wildman–Crippen LogP) is 2.63. The van der Waals surface area contributed by atoms with Crippen molar-refractivity contribution in [3.05, 3.63) is 36.4 Å². The van der Waals surface area contributed by atoms with Crippen LogP contribution in [-0.2, 0) is 10.0 Å². The number of halogens is 1. The van der Waals surface area contributed by atoms with Crippen LogP contribution in [0.2, 0.25) is 0 Å². The van der Waals surface area contributed by atoms with Gasteiger partial charge >= 0.3 is 0 Å². The van der Waals surface area contributed by atoms with Gasteiger partial charge in [0, 0.05) is 24.1 Å². The number of hydrogen-bond donors (Lipinski definition) is 1. The van der Waals surface area contributed by atoms with Crippen LogP contribution >= 0.6 is 11.6 Å². The van der Waals surface area contributed by atoms with Crippen molar-refractivity contribution < 1.29 is 12.8 Å². The van der Waals surface area contributed by atoms with Crippen LogP contribution in [0, 0.1) is 6.92 Å². The van der Waals surface area contributed by atoms with Crippen LogP contribution in [-0.4, -0.2) is 25.0 Å². The summed E-state index contributed by atoms with van der Waals surface area (Å²) in [6.07, 6.45) is 1.56. The van der Waals surface area contributed by atoms with E-state index in [0.717, 1.165) is 5.56 Å². The molecule has 0 aliphatic heterocycles. The summed E-state index contributed by atoms with van der Waals surface area (Å²) in [5.41, 5.74) is 2.07. The summed E-state index contributed by atoms with van der Waals surface area (Å²) in [6.45, 7) is 1.76. The number of rotatable bonds is 5. The molecular weight excluding hydrogens is 288 g/mol. The molecule has 0 aliphatic rings. The number of nitrogens with one attached hydrogen (secondary N) is 1. The Hall–Kier alpha value is -1.53. The van der Waals surface area contributed by atoms with Crippen molar-refractivity contribution in [2.45, 2.75) is 6.92 Å². The molecule has 0 atom stereocenters. The van der Waals surface area contributed by atoms with E-state index in [0.29, 0.717) is 17.3 Å². The van der Waals surface area contributed by atoms with Gasteiger partial charge in [-0.15, -0.1) is 11.6 Å². The lowest BCUT2D eigenvalue weighted by Crippen LogP contribution is -2.17. The molecule has 19 heavy (non-hydrogen) atoms. The van der Waals surface area contributed by atoms with Gasteiger partial charge in [-0.25, -0.2) is 13.4 Å². The molecule has 1 heterocycles. The molecular formula is C12H13ClN2O3S. The Bertz CT molecular complexity index is 650. The van der Waals surface area contributed by atoms with E-state index in [1.54, 1.807) is 37.5 Å². The molecule has 1 aromatic heterocycles. The second-order valence-corrected chi connectivity index (χ2v) is 6.16. The van der Waals surface area contributed by atoms with Gasteiger partial charge < -0.3 is 4.42 Å². The van der Waals surface area contributed by atoms with E-state index in [-0.39, 0.29) is 11.6 Å². The number of hydrogen-bond acceptors (Lipinski definition) is 4.